The Labute approximate surface area is 121 Å². The number of aliphatic hydroxyl groups excluding tert-OH is 1. The van der Waals surface area contributed by atoms with E-state index in [4.69, 9.17) is 5.11 Å². The number of β-amino-alcohol motifs (C(OH)–C–C–N with tert-alkyl or cyclic N) is 1. The summed E-state index contributed by atoms with van der Waals surface area (Å²) < 4.78 is 0. The summed E-state index contributed by atoms with van der Waals surface area (Å²) in [5.41, 5.74) is 1.49. The fourth-order valence-electron chi connectivity index (χ4n) is 2.40. The van der Waals surface area contributed by atoms with Crippen molar-refractivity contribution in [1.82, 2.24) is 4.90 Å². The standard InChI is InChI=1S/C14H17NO4S/c1-20-8-9-3-2-4-10(5-9)13(17)15-7-11(16)6-12(15)14(18)19/h2-5,11-12,16H,6-8H2,1H3,(H,18,19)/t11?,12-/m0/s1. The first-order valence-electron chi connectivity index (χ1n) is 6.32. The second-order valence-corrected chi connectivity index (χ2v) is 5.70. The number of carboxylic acid groups (broad SMARTS) is 1. The highest BCUT2D eigenvalue weighted by atomic mass is 32.2. The monoisotopic (exact) mass is 295 g/mol. The van der Waals surface area contributed by atoms with E-state index in [-0.39, 0.29) is 18.9 Å². The van der Waals surface area contributed by atoms with Gasteiger partial charge < -0.3 is 15.1 Å². The molecule has 108 valence electrons. The first-order valence-corrected chi connectivity index (χ1v) is 7.72. The number of carbonyl (C=O) groups is 2. The Morgan fingerprint density at radius 2 is 2.20 bits per heavy atom. The molecular formula is C14H17NO4S. The van der Waals surface area contributed by atoms with Gasteiger partial charge in [0, 0.05) is 24.3 Å². The van der Waals surface area contributed by atoms with Gasteiger partial charge in [0.05, 0.1) is 6.10 Å². The molecule has 1 fully saturated rings. The summed E-state index contributed by atoms with van der Waals surface area (Å²) in [5.74, 6) is -0.612. The van der Waals surface area contributed by atoms with Gasteiger partial charge in [0.25, 0.3) is 5.91 Å². The number of nitrogens with zero attached hydrogens (tertiary/aromatic N) is 1. The van der Waals surface area contributed by atoms with Crippen LogP contribution < -0.4 is 0 Å². The summed E-state index contributed by atoms with van der Waals surface area (Å²) >= 11 is 1.65. The molecule has 20 heavy (non-hydrogen) atoms. The molecule has 0 aromatic heterocycles. The van der Waals surface area contributed by atoms with Crippen LogP contribution >= 0.6 is 11.8 Å². The van der Waals surface area contributed by atoms with Crippen LogP contribution in [-0.2, 0) is 10.5 Å². The minimum atomic E-state index is -1.07. The summed E-state index contributed by atoms with van der Waals surface area (Å²) in [6, 6.07) is 6.24. The van der Waals surface area contributed by atoms with E-state index in [2.05, 4.69) is 0 Å². The minimum Gasteiger partial charge on any atom is -0.480 e. The highest BCUT2D eigenvalue weighted by Gasteiger charge is 2.39. The lowest BCUT2D eigenvalue weighted by Gasteiger charge is -2.21. The molecule has 1 aromatic rings. The van der Waals surface area contributed by atoms with Crippen LogP contribution in [0.1, 0.15) is 22.3 Å². The number of carboxylic acids is 1. The zero-order chi connectivity index (χ0) is 14.7. The molecule has 0 spiro atoms. The molecule has 5 nitrogen and oxygen atoms in total. The van der Waals surface area contributed by atoms with Crippen molar-refractivity contribution in [3.05, 3.63) is 35.4 Å². The van der Waals surface area contributed by atoms with Gasteiger partial charge in [0.1, 0.15) is 6.04 Å². The number of benzene rings is 1. The molecule has 2 N–H and O–H groups in total. The lowest BCUT2D eigenvalue weighted by molar-refractivity contribution is -0.141. The third-order valence-electron chi connectivity index (χ3n) is 3.31. The van der Waals surface area contributed by atoms with Gasteiger partial charge in [0.2, 0.25) is 0 Å². The van der Waals surface area contributed by atoms with E-state index in [1.165, 1.54) is 4.90 Å². The van der Waals surface area contributed by atoms with Crippen LogP contribution in [0.15, 0.2) is 24.3 Å². The number of aliphatic hydroxyl groups is 1. The average molecular weight is 295 g/mol. The van der Waals surface area contributed by atoms with Gasteiger partial charge in [-0.1, -0.05) is 12.1 Å². The smallest absolute Gasteiger partial charge is 0.326 e. The second-order valence-electron chi connectivity index (χ2n) is 4.83. The molecular weight excluding hydrogens is 278 g/mol. The van der Waals surface area contributed by atoms with Crippen molar-refractivity contribution in [3.8, 4) is 0 Å². The highest BCUT2D eigenvalue weighted by molar-refractivity contribution is 7.97. The number of thioether (sulfide) groups is 1. The molecule has 0 saturated carbocycles. The first kappa shape index (κ1) is 14.9. The molecule has 1 amide bonds. The third kappa shape index (κ3) is 3.13. The SMILES string of the molecule is CSCc1cccc(C(=O)N2CC(O)C[C@H]2C(=O)O)c1. The normalized spacial score (nSPS) is 22.0. The maximum atomic E-state index is 12.4. The van der Waals surface area contributed by atoms with Crippen molar-refractivity contribution in [3.63, 3.8) is 0 Å². The number of likely N-dealkylation sites (tertiary alicyclic amines) is 1. The first-order chi connectivity index (χ1) is 9.52. The summed E-state index contributed by atoms with van der Waals surface area (Å²) in [6.45, 7) is 0.0720. The van der Waals surface area contributed by atoms with Crippen molar-refractivity contribution in [2.24, 2.45) is 0 Å². The molecule has 1 unspecified atom stereocenters. The Morgan fingerprint density at radius 3 is 2.85 bits per heavy atom. The van der Waals surface area contributed by atoms with Gasteiger partial charge >= 0.3 is 5.97 Å². The fourth-order valence-corrected chi connectivity index (χ4v) is 2.91. The van der Waals surface area contributed by atoms with Crippen molar-refractivity contribution in [2.75, 3.05) is 12.8 Å². The number of rotatable bonds is 4. The summed E-state index contributed by atoms with van der Waals surface area (Å²) in [5, 5.41) is 18.7. The summed E-state index contributed by atoms with van der Waals surface area (Å²) in [4.78, 5) is 24.8. The Morgan fingerprint density at radius 1 is 1.45 bits per heavy atom. The van der Waals surface area contributed by atoms with Gasteiger partial charge in [-0.3, -0.25) is 4.79 Å². The largest absolute Gasteiger partial charge is 0.480 e. The number of hydrogen-bond donors (Lipinski definition) is 2. The van der Waals surface area contributed by atoms with Crippen LogP contribution in [-0.4, -0.2) is 51.9 Å². The van der Waals surface area contributed by atoms with E-state index in [0.717, 1.165) is 11.3 Å². The Hall–Kier alpha value is -1.53. The fraction of sp³-hybridized carbons (Fsp3) is 0.429. The molecule has 1 heterocycles. The number of aliphatic carboxylic acids is 1. The Balaban J connectivity index is 2.21. The van der Waals surface area contributed by atoms with Gasteiger partial charge in [-0.25, -0.2) is 4.79 Å². The Bertz CT molecular complexity index is 520. The molecule has 1 aliphatic rings. The van der Waals surface area contributed by atoms with Gasteiger partial charge in [0.15, 0.2) is 0 Å². The van der Waals surface area contributed by atoms with Crippen LogP contribution in [0.25, 0.3) is 0 Å². The quantitative estimate of drug-likeness (QED) is 0.873. The van der Waals surface area contributed by atoms with Crippen LogP contribution in [0.2, 0.25) is 0 Å². The topological polar surface area (TPSA) is 77.8 Å². The number of carbonyl (C=O) groups excluding carboxylic acids is 1. The molecule has 2 atom stereocenters. The second kappa shape index (κ2) is 6.28. The molecule has 1 aromatic carbocycles. The zero-order valence-electron chi connectivity index (χ0n) is 11.2. The molecule has 6 heteroatoms. The average Bonchev–Trinajstić information content (AvgIpc) is 2.81. The molecule has 2 rings (SSSR count). The summed E-state index contributed by atoms with van der Waals surface area (Å²) in [7, 11) is 0. The predicted molar refractivity (Wildman–Crippen MR) is 76.7 cm³/mol. The van der Waals surface area contributed by atoms with Crippen molar-refractivity contribution in [1.29, 1.82) is 0 Å². The lowest BCUT2D eigenvalue weighted by Crippen LogP contribution is -2.40. The molecule has 0 bridgehead atoms. The van der Waals surface area contributed by atoms with E-state index >= 15 is 0 Å². The Kier molecular flexibility index (Phi) is 4.67. The van der Waals surface area contributed by atoms with E-state index in [9.17, 15) is 14.7 Å². The molecule has 1 saturated heterocycles. The molecule has 1 aliphatic heterocycles. The highest BCUT2D eigenvalue weighted by Crippen LogP contribution is 2.22. The summed E-state index contributed by atoms with van der Waals surface area (Å²) in [6.07, 6.45) is 1.30. The van der Waals surface area contributed by atoms with E-state index in [1.54, 1.807) is 30.0 Å². The third-order valence-corrected chi connectivity index (χ3v) is 3.93. The van der Waals surface area contributed by atoms with E-state index in [0.29, 0.717) is 5.56 Å². The maximum Gasteiger partial charge on any atom is 0.326 e. The van der Waals surface area contributed by atoms with E-state index < -0.39 is 18.1 Å². The lowest BCUT2D eigenvalue weighted by atomic mass is 10.1. The predicted octanol–water partition coefficient (Wildman–Crippen LogP) is 1.21. The maximum absolute atomic E-state index is 12.4. The van der Waals surface area contributed by atoms with Gasteiger partial charge in [-0.05, 0) is 24.0 Å². The van der Waals surface area contributed by atoms with Crippen LogP contribution in [0.5, 0.6) is 0 Å². The molecule has 0 aliphatic carbocycles. The van der Waals surface area contributed by atoms with Crippen molar-refractivity contribution in [2.45, 2.75) is 24.3 Å². The van der Waals surface area contributed by atoms with Crippen molar-refractivity contribution < 1.29 is 19.8 Å². The van der Waals surface area contributed by atoms with Gasteiger partial charge in [-0.15, -0.1) is 0 Å². The van der Waals surface area contributed by atoms with Gasteiger partial charge in [-0.2, -0.15) is 11.8 Å². The van der Waals surface area contributed by atoms with Crippen molar-refractivity contribution >= 4 is 23.6 Å². The number of hydrogen-bond acceptors (Lipinski definition) is 4. The van der Waals surface area contributed by atoms with Crippen LogP contribution in [0.3, 0.4) is 0 Å². The minimum absolute atomic E-state index is 0.0720. The van der Waals surface area contributed by atoms with Crippen LogP contribution in [0.4, 0.5) is 0 Å². The number of amides is 1. The zero-order valence-corrected chi connectivity index (χ0v) is 12.0. The molecule has 0 radical (unpaired) electrons. The van der Waals surface area contributed by atoms with Crippen LogP contribution in [0, 0.1) is 0 Å². The van der Waals surface area contributed by atoms with E-state index in [1.807, 2.05) is 12.3 Å².